The van der Waals surface area contributed by atoms with E-state index in [1.807, 2.05) is 0 Å². The second kappa shape index (κ2) is 4.08. The van der Waals surface area contributed by atoms with E-state index in [9.17, 15) is 13.2 Å². The Balaban J connectivity index is 2.34. The number of hydrogen-bond acceptors (Lipinski definition) is 2. The van der Waals surface area contributed by atoms with Gasteiger partial charge in [-0.2, -0.15) is 18.3 Å². The molecule has 0 bridgehead atoms. The van der Waals surface area contributed by atoms with Gasteiger partial charge in [0.2, 0.25) is 0 Å². The van der Waals surface area contributed by atoms with Crippen LogP contribution < -0.4 is 5.32 Å². The van der Waals surface area contributed by atoms with Gasteiger partial charge in [-0.05, 0) is 25.9 Å². The molecule has 2 rings (SSSR count). The first-order valence-electron chi connectivity index (χ1n) is 5.30. The van der Waals surface area contributed by atoms with Crippen molar-refractivity contribution in [3.8, 4) is 0 Å². The van der Waals surface area contributed by atoms with Crippen molar-refractivity contribution >= 4 is 0 Å². The van der Waals surface area contributed by atoms with Crippen molar-refractivity contribution in [2.24, 2.45) is 7.05 Å². The van der Waals surface area contributed by atoms with Gasteiger partial charge < -0.3 is 5.32 Å². The quantitative estimate of drug-likeness (QED) is 0.803. The molecule has 0 amide bonds. The molecule has 0 radical (unpaired) electrons. The topological polar surface area (TPSA) is 29.9 Å². The first-order valence-corrected chi connectivity index (χ1v) is 5.30. The average Bonchev–Trinajstić information content (AvgIpc) is 2.61. The fourth-order valence-corrected chi connectivity index (χ4v) is 2.24. The molecule has 0 aliphatic carbocycles. The number of alkyl halides is 3. The molecule has 16 heavy (non-hydrogen) atoms. The molecule has 1 aromatic heterocycles. The highest BCUT2D eigenvalue weighted by Gasteiger charge is 2.38. The van der Waals surface area contributed by atoms with Crippen LogP contribution in [0.25, 0.3) is 0 Å². The summed E-state index contributed by atoms with van der Waals surface area (Å²) in [5.74, 6) is -0.0367. The van der Waals surface area contributed by atoms with Gasteiger partial charge in [0.1, 0.15) is 0 Å². The van der Waals surface area contributed by atoms with E-state index in [-0.39, 0.29) is 5.92 Å². The molecule has 1 N–H and O–H groups in total. The lowest BCUT2D eigenvalue weighted by Crippen LogP contribution is -2.28. The Morgan fingerprint density at radius 2 is 2.00 bits per heavy atom. The zero-order valence-electron chi connectivity index (χ0n) is 9.01. The molecule has 0 unspecified atom stereocenters. The number of halogens is 3. The van der Waals surface area contributed by atoms with Gasteiger partial charge in [-0.3, -0.25) is 4.68 Å². The lowest BCUT2D eigenvalue weighted by Gasteiger charge is -2.24. The summed E-state index contributed by atoms with van der Waals surface area (Å²) >= 11 is 0. The summed E-state index contributed by atoms with van der Waals surface area (Å²) in [5.41, 5.74) is -0.254. The molecule has 6 heteroatoms. The van der Waals surface area contributed by atoms with Gasteiger partial charge in [0.25, 0.3) is 0 Å². The Bertz CT molecular complexity index is 364. The molecule has 1 aromatic rings. The molecular formula is C10H14F3N3. The maximum absolute atomic E-state index is 12.7. The highest BCUT2D eigenvalue weighted by atomic mass is 19.4. The van der Waals surface area contributed by atoms with Gasteiger partial charge in [0, 0.05) is 13.0 Å². The summed E-state index contributed by atoms with van der Waals surface area (Å²) in [6.07, 6.45) is -1.89. The van der Waals surface area contributed by atoms with Crippen molar-refractivity contribution in [2.45, 2.75) is 24.9 Å². The second-order valence-electron chi connectivity index (χ2n) is 4.09. The molecule has 0 saturated carbocycles. The molecule has 1 aliphatic rings. The van der Waals surface area contributed by atoms with Crippen LogP contribution in [0.15, 0.2) is 6.20 Å². The van der Waals surface area contributed by atoms with E-state index in [0.717, 1.165) is 32.1 Å². The molecule has 1 fully saturated rings. The van der Waals surface area contributed by atoms with Gasteiger partial charge >= 0.3 is 6.18 Å². The molecule has 1 saturated heterocycles. The maximum atomic E-state index is 12.7. The first kappa shape index (κ1) is 11.4. The summed E-state index contributed by atoms with van der Waals surface area (Å²) < 4.78 is 39.6. The van der Waals surface area contributed by atoms with Crippen LogP contribution in [0.2, 0.25) is 0 Å². The Kier molecular flexibility index (Phi) is 2.92. The molecule has 0 spiro atoms. The maximum Gasteiger partial charge on any atom is 0.419 e. The molecule has 2 heterocycles. The molecular weight excluding hydrogens is 219 g/mol. The van der Waals surface area contributed by atoms with Gasteiger partial charge in [0.15, 0.2) is 0 Å². The summed E-state index contributed by atoms with van der Waals surface area (Å²) in [7, 11) is 1.58. The SMILES string of the molecule is Cn1ncc(C(F)(F)F)c1C1CCNCC1. The zero-order valence-corrected chi connectivity index (χ0v) is 9.01. The fraction of sp³-hybridized carbons (Fsp3) is 0.700. The molecule has 1 aliphatic heterocycles. The van der Waals surface area contributed by atoms with Crippen molar-refractivity contribution in [3.05, 3.63) is 17.5 Å². The minimum Gasteiger partial charge on any atom is -0.317 e. The van der Waals surface area contributed by atoms with E-state index in [2.05, 4.69) is 10.4 Å². The Morgan fingerprint density at radius 3 is 2.56 bits per heavy atom. The lowest BCUT2D eigenvalue weighted by molar-refractivity contribution is -0.138. The van der Waals surface area contributed by atoms with Crippen molar-refractivity contribution < 1.29 is 13.2 Å². The van der Waals surface area contributed by atoms with Crippen molar-refractivity contribution in [1.29, 1.82) is 0 Å². The Hall–Kier alpha value is -1.04. The summed E-state index contributed by atoms with van der Waals surface area (Å²) in [6.45, 7) is 1.54. The summed E-state index contributed by atoms with van der Waals surface area (Å²) in [4.78, 5) is 0. The van der Waals surface area contributed by atoms with Crippen LogP contribution >= 0.6 is 0 Å². The minimum absolute atomic E-state index is 0.0367. The van der Waals surface area contributed by atoms with E-state index in [1.54, 1.807) is 7.05 Å². The van der Waals surface area contributed by atoms with E-state index < -0.39 is 11.7 Å². The van der Waals surface area contributed by atoms with Crippen LogP contribution in [0.5, 0.6) is 0 Å². The van der Waals surface area contributed by atoms with Crippen LogP contribution in [0, 0.1) is 0 Å². The predicted molar refractivity (Wildman–Crippen MR) is 53.1 cm³/mol. The molecule has 0 aromatic carbocycles. The van der Waals surface area contributed by atoms with E-state index in [0.29, 0.717) is 5.69 Å². The fourth-order valence-electron chi connectivity index (χ4n) is 2.24. The third kappa shape index (κ3) is 2.07. The number of aryl methyl sites for hydroxylation is 1. The third-order valence-electron chi connectivity index (χ3n) is 3.02. The van der Waals surface area contributed by atoms with Crippen LogP contribution in [-0.2, 0) is 13.2 Å². The van der Waals surface area contributed by atoms with Crippen molar-refractivity contribution in [2.75, 3.05) is 13.1 Å². The number of rotatable bonds is 1. The van der Waals surface area contributed by atoms with Crippen molar-refractivity contribution in [1.82, 2.24) is 15.1 Å². The van der Waals surface area contributed by atoms with Gasteiger partial charge in [-0.25, -0.2) is 0 Å². The number of nitrogens with zero attached hydrogens (tertiary/aromatic N) is 2. The lowest BCUT2D eigenvalue weighted by atomic mass is 9.92. The minimum atomic E-state index is -4.30. The Morgan fingerprint density at radius 1 is 1.38 bits per heavy atom. The predicted octanol–water partition coefficient (Wildman–Crippen LogP) is 1.91. The largest absolute Gasteiger partial charge is 0.419 e. The molecule has 0 atom stereocenters. The number of aromatic nitrogens is 2. The Labute approximate surface area is 91.6 Å². The van der Waals surface area contributed by atoms with E-state index in [4.69, 9.17) is 0 Å². The third-order valence-corrected chi connectivity index (χ3v) is 3.02. The molecule has 90 valence electrons. The van der Waals surface area contributed by atoms with E-state index >= 15 is 0 Å². The normalized spacial score (nSPS) is 19.0. The standard InChI is InChI=1S/C10H14F3N3/c1-16-9(7-2-4-14-5-3-7)8(6-15-16)10(11,12)13/h6-7,14H,2-5H2,1H3. The zero-order chi connectivity index (χ0) is 11.8. The van der Waals surface area contributed by atoms with Crippen LogP contribution in [0.3, 0.4) is 0 Å². The highest BCUT2D eigenvalue weighted by Crippen LogP contribution is 2.37. The van der Waals surface area contributed by atoms with Gasteiger partial charge in [0.05, 0.1) is 17.5 Å². The number of nitrogens with one attached hydrogen (secondary N) is 1. The second-order valence-corrected chi connectivity index (χ2v) is 4.09. The smallest absolute Gasteiger partial charge is 0.317 e. The van der Waals surface area contributed by atoms with Gasteiger partial charge in [-0.1, -0.05) is 0 Å². The first-order chi connectivity index (χ1) is 7.50. The van der Waals surface area contributed by atoms with E-state index in [1.165, 1.54) is 4.68 Å². The van der Waals surface area contributed by atoms with Gasteiger partial charge in [-0.15, -0.1) is 0 Å². The molecule has 3 nitrogen and oxygen atoms in total. The highest BCUT2D eigenvalue weighted by molar-refractivity contribution is 5.25. The number of piperidine rings is 1. The van der Waals surface area contributed by atoms with Crippen LogP contribution in [0.1, 0.15) is 30.0 Å². The monoisotopic (exact) mass is 233 g/mol. The van der Waals surface area contributed by atoms with Crippen LogP contribution in [-0.4, -0.2) is 22.9 Å². The summed E-state index contributed by atoms with van der Waals surface area (Å²) in [5, 5.41) is 6.88. The summed E-state index contributed by atoms with van der Waals surface area (Å²) in [6, 6.07) is 0. The number of hydrogen-bond donors (Lipinski definition) is 1. The van der Waals surface area contributed by atoms with Crippen molar-refractivity contribution in [3.63, 3.8) is 0 Å². The van der Waals surface area contributed by atoms with Crippen LogP contribution in [0.4, 0.5) is 13.2 Å². The average molecular weight is 233 g/mol.